The smallest absolute Gasteiger partial charge is 0.197 e. The molecule has 0 radical (unpaired) electrons. The summed E-state index contributed by atoms with van der Waals surface area (Å²) in [5.74, 6) is 0.566. The van der Waals surface area contributed by atoms with Gasteiger partial charge in [0.2, 0.25) is 0 Å². The highest BCUT2D eigenvalue weighted by molar-refractivity contribution is 6.11. The van der Waals surface area contributed by atoms with Crippen LogP contribution in [0.3, 0.4) is 0 Å². The van der Waals surface area contributed by atoms with Crippen molar-refractivity contribution in [1.82, 2.24) is 0 Å². The lowest BCUT2D eigenvalue weighted by Gasteiger charge is -2.10. The number of hydrogen-bond acceptors (Lipinski definition) is 3. The van der Waals surface area contributed by atoms with Crippen LogP contribution in [-0.2, 0) is 6.42 Å². The molecule has 0 spiro atoms. The molecule has 0 bridgehead atoms. The molecule has 0 atom stereocenters. The summed E-state index contributed by atoms with van der Waals surface area (Å²) in [7, 11) is 1.57. The summed E-state index contributed by atoms with van der Waals surface area (Å²) in [6.07, 6.45) is 0.692. The van der Waals surface area contributed by atoms with E-state index in [1.165, 1.54) is 0 Å². The average molecular weight is 255 g/mol. The molecule has 0 amide bonds. The van der Waals surface area contributed by atoms with Gasteiger partial charge in [0.1, 0.15) is 5.75 Å². The number of benzene rings is 2. The van der Waals surface area contributed by atoms with Crippen molar-refractivity contribution in [3.05, 3.63) is 65.2 Å². The zero-order valence-electron chi connectivity index (χ0n) is 10.9. The molecule has 0 heterocycles. The van der Waals surface area contributed by atoms with Gasteiger partial charge in [0.15, 0.2) is 5.78 Å². The van der Waals surface area contributed by atoms with Gasteiger partial charge in [-0.3, -0.25) is 4.79 Å². The second kappa shape index (κ2) is 6.16. The molecular formula is C16H17NO2. The van der Waals surface area contributed by atoms with Crippen LogP contribution >= 0.6 is 0 Å². The van der Waals surface area contributed by atoms with E-state index in [1.807, 2.05) is 36.4 Å². The van der Waals surface area contributed by atoms with E-state index in [1.54, 1.807) is 19.2 Å². The summed E-state index contributed by atoms with van der Waals surface area (Å²) >= 11 is 0. The SMILES string of the molecule is COc1ccccc1C(=O)c1ccccc1CCN. The van der Waals surface area contributed by atoms with E-state index in [-0.39, 0.29) is 5.78 Å². The molecule has 0 aliphatic heterocycles. The maximum Gasteiger partial charge on any atom is 0.197 e. The van der Waals surface area contributed by atoms with Crippen LogP contribution in [0.25, 0.3) is 0 Å². The largest absolute Gasteiger partial charge is 0.496 e. The Bertz CT molecular complexity index is 578. The Morgan fingerprint density at radius 3 is 2.37 bits per heavy atom. The third-order valence-electron chi connectivity index (χ3n) is 3.03. The molecule has 19 heavy (non-hydrogen) atoms. The molecule has 0 saturated carbocycles. The van der Waals surface area contributed by atoms with E-state index in [2.05, 4.69) is 0 Å². The number of nitrogens with two attached hydrogens (primary N) is 1. The van der Waals surface area contributed by atoms with Crippen molar-refractivity contribution in [3.8, 4) is 5.75 Å². The first-order valence-electron chi connectivity index (χ1n) is 6.23. The van der Waals surface area contributed by atoms with E-state index in [0.717, 1.165) is 5.56 Å². The van der Waals surface area contributed by atoms with Crippen molar-refractivity contribution in [1.29, 1.82) is 0 Å². The van der Waals surface area contributed by atoms with Crippen LogP contribution in [0.5, 0.6) is 5.75 Å². The zero-order valence-corrected chi connectivity index (χ0v) is 10.9. The second-order valence-electron chi connectivity index (χ2n) is 4.23. The predicted molar refractivity (Wildman–Crippen MR) is 75.6 cm³/mol. The van der Waals surface area contributed by atoms with Crippen LogP contribution in [-0.4, -0.2) is 19.4 Å². The Morgan fingerprint density at radius 1 is 1.05 bits per heavy atom. The van der Waals surface area contributed by atoms with E-state index in [0.29, 0.717) is 29.8 Å². The molecule has 0 unspecified atom stereocenters. The lowest BCUT2D eigenvalue weighted by atomic mass is 9.96. The lowest BCUT2D eigenvalue weighted by Crippen LogP contribution is -2.10. The van der Waals surface area contributed by atoms with Crippen LogP contribution < -0.4 is 10.5 Å². The average Bonchev–Trinajstić information content (AvgIpc) is 2.47. The van der Waals surface area contributed by atoms with Gasteiger partial charge in [-0.1, -0.05) is 36.4 Å². The van der Waals surface area contributed by atoms with Gasteiger partial charge < -0.3 is 10.5 Å². The third-order valence-corrected chi connectivity index (χ3v) is 3.03. The first kappa shape index (κ1) is 13.3. The highest BCUT2D eigenvalue weighted by atomic mass is 16.5. The molecule has 0 fully saturated rings. The fraction of sp³-hybridized carbons (Fsp3) is 0.188. The molecule has 3 heteroatoms. The van der Waals surface area contributed by atoms with Crippen molar-refractivity contribution >= 4 is 5.78 Å². The number of carbonyl (C=O) groups excluding carboxylic acids is 1. The Balaban J connectivity index is 2.44. The molecular weight excluding hydrogens is 238 g/mol. The Morgan fingerprint density at radius 2 is 1.68 bits per heavy atom. The zero-order chi connectivity index (χ0) is 13.7. The Labute approximate surface area is 113 Å². The summed E-state index contributed by atoms with van der Waals surface area (Å²) in [5.41, 5.74) is 7.83. The van der Waals surface area contributed by atoms with Crippen LogP contribution in [0.4, 0.5) is 0 Å². The molecule has 0 aliphatic carbocycles. The van der Waals surface area contributed by atoms with E-state index in [4.69, 9.17) is 10.5 Å². The normalized spacial score (nSPS) is 10.2. The number of methoxy groups -OCH3 is 1. The van der Waals surface area contributed by atoms with Crippen LogP contribution in [0.15, 0.2) is 48.5 Å². The molecule has 3 nitrogen and oxygen atoms in total. The standard InChI is InChI=1S/C16H17NO2/c1-19-15-9-5-4-8-14(15)16(18)13-7-3-2-6-12(13)10-11-17/h2-9H,10-11,17H2,1H3. The van der Waals surface area contributed by atoms with Crippen LogP contribution in [0.1, 0.15) is 21.5 Å². The summed E-state index contributed by atoms with van der Waals surface area (Å²) in [5, 5.41) is 0. The van der Waals surface area contributed by atoms with Crippen molar-refractivity contribution in [2.75, 3.05) is 13.7 Å². The summed E-state index contributed by atoms with van der Waals surface area (Å²) in [6.45, 7) is 0.524. The lowest BCUT2D eigenvalue weighted by molar-refractivity contribution is 0.103. The third kappa shape index (κ3) is 2.83. The number of para-hydroxylation sites is 1. The molecule has 2 rings (SSSR count). The monoisotopic (exact) mass is 255 g/mol. The first-order chi connectivity index (χ1) is 9.27. The van der Waals surface area contributed by atoms with Gasteiger partial charge in [-0.15, -0.1) is 0 Å². The van der Waals surface area contributed by atoms with Crippen LogP contribution in [0, 0.1) is 0 Å². The van der Waals surface area contributed by atoms with Gasteiger partial charge in [-0.05, 0) is 30.7 Å². The fourth-order valence-corrected chi connectivity index (χ4v) is 2.09. The maximum atomic E-state index is 12.6. The summed E-state index contributed by atoms with van der Waals surface area (Å²) in [4.78, 5) is 12.6. The number of ether oxygens (including phenoxy) is 1. The Kier molecular flexibility index (Phi) is 4.31. The number of carbonyl (C=O) groups is 1. The fourth-order valence-electron chi connectivity index (χ4n) is 2.09. The maximum absolute atomic E-state index is 12.6. The van der Waals surface area contributed by atoms with Crippen molar-refractivity contribution < 1.29 is 9.53 Å². The minimum absolute atomic E-state index is 0.0264. The quantitative estimate of drug-likeness (QED) is 0.835. The molecule has 98 valence electrons. The summed E-state index contributed by atoms with van der Waals surface area (Å²) < 4.78 is 5.24. The van der Waals surface area contributed by atoms with Gasteiger partial charge in [0, 0.05) is 5.56 Å². The second-order valence-corrected chi connectivity index (χ2v) is 4.23. The molecule has 2 aromatic carbocycles. The minimum atomic E-state index is -0.0264. The predicted octanol–water partition coefficient (Wildman–Crippen LogP) is 2.43. The molecule has 0 aromatic heterocycles. The van der Waals surface area contributed by atoms with Gasteiger partial charge in [0.25, 0.3) is 0 Å². The van der Waals surface area contributed by atoms with Gasteiger partial charge in [-0.2, -0.15) is 0 Å². The van der Waals surface area contributed by atoms with Crippen molar-refractivity contribution in [2.24, 2.45) is 5.73 Å². The molecule has 0 saturated heterocycles. The first-order valence-corrected chi connectivity index (χ1v) is 6.23. The van der Waals surface area contributed by atoms with E-state index >= 15 is 0 Å². The minimum Gasteiger partial charge on any atom is -0.496 e. The van der Waals surface area contributed by atoms with Gasteiger partial charge in [-0.25, -0.2) is 0 Å². The van der Waals surface area contributed by atoms with Crippen LogP contribution in [0.2, 0.25) is 0 Å². The van der Waals surface area contributed by atoms with Crippen molar-refractivity contribution in [2.45, 2.75) is 6.42 Å². The summed E-state index contributed by atoms with van der Waals surface area (Å²) in [6, 6.07) is 14.8. The van der Waals surface area contributed by atoms with Crippen molar-refractivity contribution in [3.63, 3.8) is 0 Å². The van der Waals surface area contributed by atoms with E-state index < -0.39 is 0 Å². The number of rotatable bonds is 5. The topological polar surface area (TPSA) is 52.3 Å². The Hall–Kier alpha value is -2.13. The molecule has 0 aliphatic rings. The van der Waals surface area contributed by atoms with Gasteiger partial charge in [0.05, 0.1) is 12.7 Å². The number of ketones is 1. The van der Waals surface area contributed by atoms with Gasteiger partial charge >= 0.3 is 0 Å². The molecule has 2 N–H and O–H groups in total. The van der Waals surface area contributed by atoms with E-state index in [9.17, 15) is 4.79 Å². The number of hydrogen-bond donors (Lipinski definition) is 1. The highest BCUT2D eigenvalue weighted by Crippen LogP contribution is 2.22. The highest BCUT2D eigenvalue weighted by Gasteiger charge is 2.16. The molecule has 2 aromatic rings.